The van der Waals surface area contributed by atoms with E-state index in [1.165, 1.54) is 65.5 Å². The number of rotatable bonds is 7. The van der Waals surface area contributed by atoms with Gasteiger partial charge in [-0.25, -0.2) is 0 Å². The standard InChI is InChI=1S/C42H39NS/c1-27-12-6-8-18-34(27)42(37-26-39-40(28(2)13-11-23-43)41(37)33-17-10-20-38(33)44-39)35-19-9-7-16-31(35)32-22-21-30(25-36(32)42)24-29-14-4-3-5-15-29/h3-8,10-12,14-16,20-23,25,34H,2,9,13,17-19,24,26,43H2,1H3/b23-11-. The van der Waals surface area contributed by atoms with E-state index < -0.39 is 0 Å². The van der Waals surface area contributed by atoms with Crippen LogP contribution in [0.5, 0.6) is 0 Å². The van der Waals surface area contributed by atoms with Crippen molar-refractivity contribution >= 4 is 17.3 Å². The van der Waals surface area contributed by atoms with Crippen LogP contribution in [0.4, 0.5) is 0 Å². The van der Waals surface area contributed by atoms with Gasteiger partial charge in [-0.2, -0.15) is 0 Å². The Bertz CT molecular complexity index is 1880. The third kappa shape index (κ3) is 4.07. The first-order valence-corrected chi connectivity index (χ1v) is 16.9. The zero-order valence-electron chi connectivity index (χ0n) is 25.5. The Kier molecular flexibility index (Phi) is 6.79. The number of thioether (sulfide) groups is 1. The van der Waals surface area contributed by atoms with Crippen molar-refractivity contribution in [2.45, 2.75) is 57.3 Å². The van der Waals surface area contributed by atoms with Crippen LogP contribution in [0.25, 0.3) is 5.57 Å². The van der Waals surface area contributed by atoms with Gasteiger partial charge in [0.15, 0.2) is 0 Å². The number of hydrogen-bond donors (Lipinski definition) is 1. The average molecular weight is 590 g/mol. The molecule has 6 aliphatic rings. The first-order valence-electron chi connectivity index (χ1n) is 16.1. The van der Waals surface area contributed by atoms with Gasteiger partial charge in [0.05, 0.1) is 0 Å². The molecule has 5 aliphatic carbocycles. The Balaban J connectivity index is 1.41. The van der Waals surface area contributed by atoms with Crippen LogP contribution < -0.4 is 5.73 Å². The monoisotopic (exact) mass is 589 g/mol. The highest BCUT2D eigenvalue weighted by Crippen LogP contribution is 2.67. The van der Waals surface area contributed by atoms with Crippen LogP contribution in [-0.4, -0.2) is 0 Å². The van der Waals surface area contributed by atoms with E-state index in [1.807, 2.05) is 11.8 Å². The van der Waals surface area contributed by atoms with Crippen LogP contribution in [-0.2, 0) is 11.8 Å². The molecule has 2 N–H and O–H groups in total. The second kappa shape index (κ2) is 10.9. The Hall–Kier alpha value is -4.01. The second-order valence-corrected chi connectivity index (χ2v) is 14.1. The summed E-state index contributed by atoms with van der Waals surface area (Å²) < 4.78 is 0. The largest absolute Gasteiger partial charge is 0.405 e. The van der Waals surface area contributed by atoms with E-state index in [1.54, 1.807) is 17.3 Å². The molecule has 218 valence electrons. The van der Waals surface area contributed by atoms with Crippen LogP contribution >= 0.6 is 11.8 Å². The molecule has 2 aromatic carbocycles. The highest BCUT2D eigenvalue weighted by molar-refractivity contribution is 8.07. The molecule has 0 spiro atoms. The van der Waals surface area contributed by atoms with E-state index >= 15 is 0 Å². The molecule has 0 aromatic heterocycles. The first kappa shape index (κ1) is 27.5. The van der Waals surface area contributed by atoms with E-state index in [0.717, 1.165) is 44.9 Å². The minimum atomic E-state index is -0.189. The summed E-state index contributed by atoms with van der Waals surface area (Å²) in [4.78, 5) is 2.92. The smallest absolute Gasteiger partial charge is 0.0466 e. The maximum absolute atomic E-state index is 5.83. The summed E-state index contributed by atoms with van der Waals surface area (Å²) in [6.07, 6.45) is 27.3. The lowest BCUT2D eigenvalue weighted by Gasteiger charge is -2.45. The van der Waals surface area contributed by atoms with Gasteiger partial charge >= 0.3 is 0 Å². The number of nitrogens with two attached hydrogens (primary N) is 1. The van der Waals surface area contributed by atoms with Crippen LogP contribution in [0.1, 0.15) is 67.7 Å². The molecule has 2 aromatic rings. The van der Waals surface area contributed by atoms with Crippen molar-refractivity contribution in [3.63, 3.8) is 0 Å². The van der Waals surface area contributed by atoms with E-state index in [0.29, 0.717) is 5.92 Å². The van der Waals surface area contributed by atoms with Gasteiger partial charge in [-0.15, -0.1) is 0 Å². The Morgan fingerprint density at radius 1 is 1.05 bits per heavy atom. The van der Waals surface area contributed by atoms with E-state index in [2.05, 4.69) is 111 Å². The van der Waals surface area contributed by atoms with Gasteiger partial charge in [0.1, 0.15) is 0 Å². The fourth-order valence-corrected chi connectivity index (χ4v) is 10.1. The van der Waals surface area contributed by atoms with E-state index in [9.17, 15) is 0 Å². The van der Waals surface area contributed by atoms with Gasteiger partial charge in [-0.05, 0) is 113 Å². The molecule has 0 saturated carbocycles. The summed E-state index contributed by atoms with van der Waals surface area (Å²) in [6, 6.07) is 18.4. The van der Waals surface area contributed by atoms with E-state index in [-0.39, 0.29) is 5.41 Å². The van der Waals surface area contributed by atoms with Crippen LogP contribution in [0.15, 0.2) is 159 Å². The third-order valence-corrected chi connectivity index (χ3v) is 11.8. The molecule has 0 radical (unpaired) electrons. The summed E-state index contributed by atoms with van der Waals surface area (Å²) in [5.74, 6) is 0.376. The first-order chi connectivity index (χ1) is 21.6. The van der Waals surface area contributed by atoms with Gasteiger partial charge in [0.25, 0.3) is 0 Å². The van der Waals surface area contributed by atoms with Gasteiger partial charge in [-0.1, -0.05) is 121 Å². The molecule has 1 nitrogen and oxygen atoms in total. The number of fused-ring (bicyclic) bond motifs is 4. The summed E-state index contributed by atoms with van der Waals surface area (Å²) in [5.41, 5.74) is 23.2. The molecule has 2 bridgehead atoms. The number of hydrogen-bond acceptors (Lipinski definition) is 2. The van der Waals surface area contributed by atoms with Gasteiger partial charge in [0.2, 0.25) is 0 Å². The van der Waals surface area contributed by atoms with Gasteiger partial charge in [-0.3, -0.25) is 0 Å². The molecule has 8 rings (SSSR count). The van der Waals surface area contributed by atoms with Crippen molar-refractivity contribution in [2.24, 2.45) is 11.7 Å². The Morgan fingerprint density at radius 2 is 1.93 bits per heavy atom. The lowest BCUT2D eigenvalue weighted by atomic mass is 9.57. The molecular formula is C42H39NS. The number of allylic oxidation sites excluding steroid dienone is 17. The third-order valence-electron chi connectivity index (χ3n) is 10.6. The van der Waals surface area contributed by atoms with Gasteiger partial charge in [0, 0.05) is 27.6 Å². The summed E-state index contributed by atoms with van der Waals surface area (Å²) in [7, 11) is 0. The van der Waals surface area contributed by atoms with Crippen LogP contribution in [0.3, 0.4) is 0 Å². The van der Waals surface area contributed by atoms with Crippen molar-refractivity contribution in [1.29, 1.82) is 0 Å². The quantitative estimate of drug-likeness (QED) is 0.348. The predicted octanol–water partition coefficient (Wildman–Crippen LogP) is 10.5. The maximum atomic E-state index is 5.83. The van der Waals surface area contributed by atoms with Crippen molar-refractivity contribution in [3.8, 4) is 0 Å². The fourth-order valence-electron chi connectivity index (χ4n) is 8.80. The van der Waals surface area contributed by atoms with Crippen molar-refractivity contribution < 1.29 is 0 Å². The lowest BCUT2D eigenvalue weighted by molar-refractivity contribution is 0.401. The van der Waals surface area contributed by atoms with Crippen molar-refractivity contribution in [1.82, 2.24) is 0 Å². The van der Waals surface area contributed by atoms with Crippen molar-refractivity contribution in [2.75, 3.05) is 0 Å². The molecular weight excluding hydrogens is 551 g/mol. The normalized spacial score (nSPS) is 24.9. The average Bonchev–Trinajstić information content (AvgIpc) is 3.72. The lowest BCUT2D eigenvalue weighted by Crippen LogP contribution is -2.40. The molecule has 0 amide bonds. The second-order valence-electron chi connectivity index (χ2n) is 12.9. The summed E-state index contributed by atoms with van der Waals surface area (Å²) in [5, 5.41) is 0. The topological polar surface area (TPSA) is 26.0 Å². The number of benzene rings is 2. The minimum Gasteiger partial charge on any atom is -0.405 e. The highest BCUT2D eigenvalue weighted by atomic mass is 32.2. The van der Waals surface area contributed by atoms with E-state index in [4.69, 9.17) is 5.73 Å². The van der Waals surface area contributed by atoms with Crippen LogP contribution in [0.2, 0.25) is 0 Å². The predicted molar refractivity (Wildman–Crippen MR) is 188 cm³/mol. The van der Waals surface area contributed by atoms with Crippen LogP contribution in [0, 0.1) is 5.92 Å². The fraction of sp³-hybridized carbons (Fsp3) is 0.238. The Morgan fingerprint density at radius 3 is 2.77 bits per heavy atom. The summed E-state index contributed by atoms with van der Waals surface area (Å²) in [6.45, 7) is 7.05. The zero-order valence-corrected chi connectivity index (χ0v) is 26.4. The minimum absolute atomic E-state index is 0.189. The molecule has 2 unspecified atom stereocenters. The summed E-state index contributed by atoms with van der Waals surface area (Å²) >= 11 is 1.99. The molecule has 0 fully saturated rings. The van der Waals surface area contributed by atoms with Gasteiger partial charge < -0.3 is 5.73 Å². The molecule has 44 heavy (non-hydrogen) atoms. The zero-order chi connectivity index (χ0) is 29.8. The molecule has 1 aliphatic heterocycles. The SMILES string of the molecule is C=C(C/C=C\N)C1=C2CC(C3(C4CC=CC=C4C)C4=C(C=CCC4)c4ccc(Cc5ccccc5)cc43)=C1C1=C(C=CC1)S2. The Labute approximate surface area is 266 Å². The molecule has 2 heteroatoms. The molecule has 1 heterocycles. The molecule has 2 atom stereocenters. The highest BCUT2D eigenvalue weighted by Gasteiger charge is 2.55. The molecule has 0 saturated heterocycles. The maximum Gasteiger partial charge on any atom is 0.0466 e. The van der Waals surface area contributed by atoms with Crippen molar-refractivity contribution in [3.05, 3.63) is 181 Å².